The van der Waals surface area contributed by atoms with Gasteiger partial charge in [-0.1, -0.05) is 50.6 Å². The Balaban J connectivity index is 1.33. The summed E-state index contributed by atoms with van der Waals surface area (Å²) in [4.78, 5) is 18.4. The van der Waals surface area contributed by atoms with Crippen molar-refractivity contribution in [2.45, 2.75) is 89.8 Å². The zero-order chi connectivity index (χ0) is 30.1. The van der Waals surface area contributed by atoms with Crippen LogP contribution < -0.4 is 14.6 Å². The SMILES string of the molecule is CCC1CCCCN1Cc1cc(C2CCc3ccc([C@H](C4CC4)[C@H](C)C(=O)[O-])cc3O2)ccc1-c1cc(OC)ncc1F. The molecule has 2 unspecified atom stereocenters. The maximum atomic E-state index is 15.2. The fourth-order valence-corrected chi connectivity index (χ4v) is 7.29. The predicted octanol–water partition coefficient (Wildman–Crippen LogP) is 6.61. The second-order valence-corrected chi connectivity index (χ2v) is 12.6. The molecule has 3 aliphatic rings. The zero-order valence-electron chi connectivity index (χ0n) is 25.5. The van der Waals surface area contributed by atoms with Crippen LogP contribution in [0.5, 0.6) is 11.6 Å². The number of rotatable bonds is 10. The molecule has 3 aromatic rings. The van der Waals surface area contributed by atoms with E-state index in [4.69, 9.17) is 9.47 Å². The number of carboxylic acid groups (broad SMARTS) is 1. The van der Waals surface area contributed by atoms with E-state index in [1.54, 1.807) is 20.1 Å². The van der Waals surface area contributed by atoms with Crippen molar-refractivity contribution in [2.75, 3.05) is 13.7 Å². The van der Waals surface area contributed by atoms with Crippen LogP contribution in [0.25, 0.3) is 11.1 Å². The summed E-state index contributed by atoms with van der Waals surface area (Å²) in [6.07, 6.45) is 9.61. The van der Waals surface area contributed by atoms with Crippen LogP contribution in [0.3, 0.4) is 0 Å². The minimum absolute atomic E-state index is 0.0616. The molecule has 228 valence electrons. The Hall–Kier alpha value is -3.45. The number of fused-ring (bicyclic) bond motifs is 1. The fourth-order valence-electron chi connectivity index (χ4n) is 7.29. The smallest absolute Gasteiger partial charge is 0.213 e. The number of nitrogens with zero attached hydrogens (tertiary/aromatic N) is 2. The molecule has 2 aliphatic heterocycles. The van der Waals surface area contributed by atoms with Crippen LogP contribution in [-0.4, -0.2) is 35.5 Å². The lowest BCUT2D eigenvalue weighted by Crippen LogP contribution is -2.38. The van der Waals surface area contributed by atoms with Crippen molar-refractivity contribution in [1.29, 1.82) is 0 Å². The van der Waals surface area contributed by atoms with Crippen LogP contribution in [-0.2, 0) is 17.8 Å². The number of ether oxygens (including phenoxy) is 2. The average molecular weight is 586 g/mol. The van der Waals surface area contributed by atoms with Crippen LogP contribution in [0, 0.1) is 17.7 Å². The van der Waals surface area contributed by atoms with E-state index in [1.165, 1.54) is 25.5 Å². The molecule has 1 aliphatic carbocycles. The number of hydrogen-bond acceptors (Lipinski definition) is 6. The third kappa shape index (κ3) is 6.28. The molecule has 0 amide bonds. The molecule has 1 saturated heterocycles. The highest BCUT2D eigenvalue weighted by Gasteiger charge is 2.37. The number of benzene rings is 2. The number of piperidine rings is 1. The standard InChI is InChI=1S/C36H43FN2O4/c1-4-28-7-5-6-16-39(28)21-27-17-25(12-14-29(27)30-19-34(42-3)38-20-31(30)37)32-15-13-23-8-11-26(18-33(23)43-32)35(24-9-10-24)22(2)36(40)41/h8,11-12,14,17-20,22,24,28,32,35H,4-7,9-10,13,15-16,21H2,1-3H3,(H,40,41)/p-1/t22-,28?,32?,35-/m0/s1. The Labute approximate surface area is 254 Å². The number of hydrogen-bond donors (Lipinski definition) is 0. The summed E-state index contributed by atoms with van der Waals surface area (Å²) in [5.74, 6) is -0.370. The van der Waals surface area contributed by atoms with Crippen molar-refractivity contribution < 1.29 is 23.8 Å². The zero-order valence-corrected chi connectivity index (χ0v) is 25.5. The Kier molecular flexibility index (Phi) is 8.71. The number of aryl methyl sites for hydroxylation is 1. The van der Waals surface area contributed by atoms with E-state index in [9.17, 15) is 9.90 Å². The molecule has 7 heteroatoms. The number of aromatic nitrogens is 1. The molecule has 6 nitrogen and oxygen atoms in total. The van der Waals surface area contributed by atoms with Gasteiger partial charge in [0.05, 0.1) is 13.3 Å². The lowest BCUT2D eigenvalue weighted by Gasteiger charge is -2.36. The summed E-state index contributed by atoms with van der Waals surface area (Å²) < 4.78 is 27.2. The Morgan fingerprint density at radius 1 is 1.12 bits per heavy atom. The first-order chi connectivity index (χ1) is 20.9. The van der Waals surface area contributed by atoms with Gasteiger partial charge < -0.3 is 19.4 Å². The third-order valence-corrected chi connectivity index (χ3v) is 9.89. The van der Waals surface area contributed by atoms with Crippen LogP contribution in [0.1, 0.15) is 93.1 Å². The number of carbonyl (C=O) groups is 1. The van der Waals surface area contributed by atoms with E-state index < -0.39 is 11.9 Å². The van der Waals surface area contributed by atoms with E-state index in [0.717, 1.165) is 78.8 Å². The molecule has 1 saturated carbocycles. The number of likely N-dealkylation sites (tertiary alicyclic amines) is 1. The Bertz CT molecular complexity index is 1470. The van der Waals surface area contributed by atoms with Gasteiger partial charge in [-0.25, -0.2) is 9.37 Å². The van der Waals surface area contributed by atoms with Crippen LogP contribution >= 0.6 is 0 Å². The first-order valence-electron chi connectivity index (χ1n) is 15.9. The van der Waals surface area contributed by atoms with Crippen LogP contribution in [0.2, 0.25) is 0 Å². The maximum absolute atomic E-state index is 15.2. The first kappa shape index (κ1) is 29.6. The molecule has 4 atom stereocenters. The van der Waals surface area contributed by atoms with E-state index in [-0.39, 0.29) is 17.8 Å². The summed E-state index contributed by atoms with van der Waals surface area (Å²) >= 11 is 0. The van der Waals surface area contributed by atoms with Gasteiger partial charge in [-0.3, -0.25) is 4.90 Å². The molecule has 0 spiro atoms. The summed E-state index contributed by atoms with van der Waals surface area (Å²) in [6.45, 7) is 5.78. The molecule has 0 radical (unpaired) electrons. The Morgan fingerprint density at radius 2 is 1.95 bits per heavy atom. The molecule has 0 bridgehead atoms. The number of carbonyl (C=O) groups excluding carboxylic acids is 1. The molecule has 0 N–H and O–H groups in total. The first-order valence-corrected chi connectivity index (χ1v) is 15.9. The molecule has 2 aromatic carbocycles. The van der Waals surface area contributed by atoms with Gasteiger partial charge in [0.1, 0.15) is 17.7 Å². The predicted molar refractivity (Wildman–Crippen MR) is 162 cm³/mol. The van der Waals surface area contributed by atoms with Crippen molar-refractivity contribution in [3.63, 3.8) is 0 Å². The highest BCUT2D eigenvalue weighted by Crippen LogP contribution is 2.48. The van der Waals surface area contributed by atoms with Crippen LogP contribution in [0.15, 0.2) is 48.7 Å². The van der Waals surface area contributed by atoms with E-state index in [2.05, 4.69) is 47.1 Å². The number of methoxy groups -OCH3 is 1. The molecule has 6 rings (SSSR count). The van der Waals surface area contributed by atoms with Crippen molar-refractivity contribution in [3.8, 4) is 22.8 Å². The van der Waals surface area contributed by atoms with E-state index in [0.29, 0.717) is 23.4 Å². The molecule has 2 fully saturated rings. The lowest BCUT2D eigenvalue weighted by atomic mass is 9.82. The highest BCUT2D eigenvalue weighted by atomic mass is 19.1. The normalized spacial score (nSPS) is 21.9. The number of carboxylic acids is 1. The highest BCUT2D eigenvalue weighted by molar-refractivity contribution is 5.70. The van der Waals surface area contributed by atoms with Crippen molar-refractivity contribution >= 4 is 5.97 Å². The summed E-state index contributed by atoms with van der Waals surface area (Å²) in [5, 5.41) is 11.8. The van der Waals surface area contributed by atoms with Gasteiger partial charge in [0.25, 0.3) is 0 Å². The Morgan fingerprint density at radius 3 is 2.70 bits per heavy atom. The largest absolute Gasteiger partial charge is 0.550 e. The fraction of sp³-hybridized carbons (Fsp3) is 0.500. The van der Waals surface area contributed by atoms with Gasteiger partial charge >= 0.3 is 0 Å². The number of halogens is 1. The molecular formula is C36H42FN2O4-. The van der Waals surface area contributed by atoms with E-state index in [1.807, 2.05) is 6.07 Å². The van der Waals surface area contributed by atoms with Crippen molar-refractivity contribution in [3.05, 3.63) is 76.7 Å². The van der Waals surface area contributed by atoms with Gasteiger partial charge in [0.2, 0.25) is 5.88 Å². The summed E-state index contributed by atoms with van der Waals surface area (Å²) in [6, 6.07) is 14.7. The molecule has 1 aromatic heterocycles. The minimum Gasteiger partial charge on any atom is -0.550 e. The van der Waals surface area contributed by atoms with Gasteiger partial charge in [0.15, 0.2) is 0 Å². The molecular weight excluding hydrogens is 543 g/mol. The van der Waals surface area contributed by atoms with Crippen molar-refractivity contribution in [2.24, 2.45) is 11.8 Å². The van der Waals surface area contributed by atoms with Gasteiger partial charge in [-0.05, 0) is 97.2 Å². The van der Waals surface area contributed by atoms with Gasteiger partial charge in [-0.15, -0.1) is 0 Å². The lowest BCUT2D eigenvalue weighted by molar-refractivity contribution is -0.311. The van der Waals surface area contributed by atoms with Crippen molar-refractivity contribution in [1.82, 2.24) is 9.88 Å². The second kappa shape index (κ2) is 12.7. The quantitative estimate of drug-likeness (QED) is 0.267. The monoisotopic (exact) mass is 585 g/mol. The second-order valence-electron chi connectivity index (χ2n) is 12.6. The summed E-state index contributed by atoms with van der Waals surface area (Å²) in [5.41, 5.74) is 5.66. The number of pyridine rings is 1. The third-order valence-electron chi connectivity index (χ3n) is 9.89. The minimum atomic E-state index is -0.997. The van der Waals surface area contributed by atoms with E-state index >= 15 is 4.39 Å². The summed E-state index contributed by atoms with van der Waals surface area (Å²) in [7, 11) is 1.54. The molecule has 3 heterocycles. The topological polar surface area (TPSA) is 74.7 Å². The van der Waals surface area contributed by atoms with Gasteiger partial charge in [-0.2, -0.15) is 0 Å². The van der Waals surface area contributed by atoms with Gasteiger partial charge in [0, 0.05) is 36.1 Å². The molecule has 43 heavy (non-hydrogen) atoms. The average Bonchev–Trinajstić information content (AvgIpc) is 3.86. The van der Waals surface area contributed by atoms with Crippen LogP contribution in [0.4, 0.5) is 4.39 Å². The maximum Gasteiger partial charge on any atom is 0.213 e. The number of aliphatic carboxylic acids is 1.